The summed E-state index contributed by atoms with van der Waals surface area (Å²) in [7, 11) is -2.66. The number of benzene rings is 2. The van der Waals surface area contributed by atoms with Crippen LogP contribution in [-0.2, 0) is 10.0 Å². The molecule has 0 bridgehead atoms. The van der Waals surface area contributed by atoms with Crippen LogP contribution in [0.15, 0.2) is 45.8 Å². The molecule has 2 aromatic carbocycles. The van der Waals surface area contributed by atoms with E-state index in [0.29, 0.717) is 5.69 Å². The molecule has 0 atom stereocenters. The molecule has 0 aliphatic rings. The van der Waals surface area contributed by atoms with Crippen LogP contribution >= 0.6 is 15.9 Å². The van der Waals surface area contributed by atoms with Crippen molar-refractivity contribution >= 4 is 37.3 Å². The van der Waals surface area contributed by atoms with Gasteiger partial charge in [0.2, 0.25) is 0 Å². The number of nitrogens with zero attached hydrogens (tertiary/aromatic N) is 1. The predicted octanol–water partition coefficient (Wildman–Crippen LogP) is 3.30. The minimum atomic E-state index is -4.04. The third kappa shape index (κ3) is 2.89. The number of anilines is 2. The molecule has 21 heavy (non-hydrogen) atoms. The highest BCUT2D eigenvalue weighted by Crippen LogP contribution is 2.30. The van der Waals surface area contributed by atoms with Crippen LogP contribution in [0.25, 0.3) is 0 Å². The lowest BCUT2D eigenvalue weighted by Gasteiger charge is -2.22. The van der Waals surface area contributed by atoms with Crippen LogP contribution in [0.3, 0.4) is 0 Å². The Balaban J connectivity index is 2.60. The van der Waals surface area contributed by atoms with E-state index in [4.69, 9.17) is 5.73 Å². The standard InChI is InChI=1S/C14H14BrFN2O2S/c1-9-5-3-4-6-12(9)18(2)21(19,20)13-8-10(17)7-11(15)14(13)16/h3-8H,17H2,1-2H3. The molecule has 4 nitrogen and oxygen atoms in total. The molecule has 112 valence electrons. The van der Waals surface area contributed by atoms with Gasteiger partial charge < -0.3 is 5.73 Å². The van der Waals surface area contributed by atoms with Crippen molar-refractivity contribution in [3.63, 3.8) is 0 Å². The molecule has 0 radical (unpaired) electrons. The average Bonchev–Trinajstić information content (AvgIpc) is 2.42. The van der Waals surface area contributed by atoms with Gasteiger partial charge >= 0.3 is 0 Å². The summed E-state index contributed by atoms with van der Waals surface area (Å²) in [6, 6.07) is 9.41. The third-order valence-corrected chi connectivity index (χ3v) is 5.46. The molecule has 0 saturated heterocycles. The quantitative estimate of drug-likeness (QED) is 0.840. The van der Waals surface area contributed by atoms with Crippen LogP contribution in [0.4, 0.5) is 15.8 Å². The summed E-state index contributed by atoms with van der Waals surface area (Å²) in [5.74, 6) is -0.857. The number of halogens is 2. The van der Waals surface area contributed by atoms with Gasteiger partial charge in [-0.2, -0.15) is 0 Å². The zero-order chi connectivity index (χ0) is 15.8. The Bertz CT molecular complexity index is 794. The summed E-state index contributed by atoms with van der Waals surface area (Å²) in [6.07, 6.45) is 0. The molecule has 0 unspecified atom stereocenters. The molecular weight excluding hydrogens is 359 g/mol. The maximum Gasteiger partial charge on any atom is 0.267 e. The van der Waals surface area contributed by atoms with Gasteiger partial charge in [0.15, 0.2) is 5.82 Å². The van der Waals surface area contributed by atoms with E-state index in [9.17, 15) is 12.8 Å². The molecule has 0 heterocycles. The third-order valence-electron chi connectivity index (χ3n) is 3.11. The van der Waals surface area contributed by atoms with Crippen molar-refractivity contribution < 1.29 is 12.8 Å². The van der Waals surface area contributed by atoms with Gasteiger partial charge in [0.05, 0.1) is 10.2 Å². The maximum absolute atomic E-state index is 14.1. The zero-order valence-corrected chi connectivity index (χ0v) is 13.9. The van der Waals surface area contributed by atoms with Gasteiger partial charge in [0.25, 0.3) is 10.0 Å². The van der Waals surface area contributed by atoms with Crippen molar-refractivity contribution in [1.29, 1.82) is 0 Å². The van der Waals surface area contributed by atoms with Gasteiger partial charge in [-0.25, -0.2) is 12.8 Å². The molecule has 0 aliphatic heterocycles. The lowest BCUT2D eigenvalue weighted by Crippen LogP contribution is -2.28. The first-order valence-corrected chi connectivity index (χ1v) is 8.27. The Kier molecular flexibility index (Phi) is 4.25. The molecule has 2 aromatic rings. The van der Waals surface area contributed by atoms with Gasteiger partial charge in [0.1, 0.15) is 4.90 Å². The second-order valence-electron chi connectivity index (χ2n) is 4.57. The number of aryl methyl sites for hydroxylation is 1. The average molecular weight is 373 g/mol. The number of nitrogens with two attached hydrogens (primary N) is 1. The Hall–Kier alpha value is -1.60. The normalized spacial score (nSPS) is 11.4. The summed E-state index contributed by atoms with van der Waals surface area (Å²) in [6.45, 7) is 1.78. The van der Waals surface area contributed by atoms with Crippen LogP contribution < -0.4 is 10.0 Å². The van der Waals surface area contributed by atoms with Crippen LogP contribution in [0.1, 0.15) is 5.56 Å². The molecule has 0 amide bonds. The van der Waals surface area contributed by atoms with E-state index in [1.807, 2.05) is 0 Å². The Morgan fingerprint density at radius 3 is 2.48 bits per heavy atom. The largest absolute Gasteiger partial charge is 0.399 e. The maximum atomic E-state index is 14.1. The minimum absolute atomic E-state index is 0.0132. The summed E-state index contributed by atoms with van der Waals surface area (Å²) in [4.78, 5) is -0.458. The number of sulfonamides is 1. The van der Waals surface area contributed by atoms with Crippen molar-refractivity contribution in [3.05, 3.63) is 52.3 Å². The number of para-hydroxylation sites is 1. The molecule has 0 fully saturated rings. The van der Waals surface area contributed by atoms with Crippen molar-refractivity contribution in [2.45, 2.75) is 11.8 Å². The van der Waals surface area contributed by atoms with Gasteiger partial charge in [-0.05, 0) is 46.6 Å². The minimum Gasteiger partial charge on any atom is -0.399 e. The summed E-state index contributed by atoms with van der Waals surface area (Å²) < 4.78 is 40.4. The van der Waals surface area contributed by atoms with Crippen LogP contribution in [0.2, 0.25) is 0 Å². The molecule has 2 N–H and O–H groups in total. The van der Waals surface area contributed by atoms with Crippen LogP contribution in [0, 0.1) is 12.7 Å². The smallest absolute Gasteiger partial charge is 0.267 e. The fraction of sp³-hybridized carbons (Fsp3) is 0.143. The van der Waals surface area contributed by atoms with Crippen molar-refractivity contribution in [1.82, 2.24) is 0 Å². The van der Waals surface area contributed by atoms with Crippen LogP contribution in [-0.4, -0.2) is 15.5 Å². The van der Waals surface area contributed by atoms with E-state index in [2.05, 4.69) is 15.9 Å². The fourth-order valence-corrected chi connectivity index (χ4v) is 3.95. The first-order valence-electron chi connectivity index (χ1n) is 6.04. The Morgan fingerprint density at radius 2 is 1.86 bits per heavy atom. The second kappa shape index (κ2) is 5.65. The summed E-state index contributed by atoms with van der Waals surface area (Å²) in [5, 5.41) is 0. The predicted molar refractivity (Wildman–Crippen MR) is 85.3 cm³/mol. The highest BCUT2D eigenvalue weighted by Gasteiger charge is 2.27. The highest BCUT2D eigenvalue weighted by molar-refractivity contribution is 9.10. The first kappa shape index (κ1) is 15.8. The topological polar surface area (TPSA) is 63.4 Å². The van der Waals surface area contributed by atoms with E-state index in [0.717, 1.165) is 15.9 Å². The highest BCUT2D eigenvalue weighted by atomic mass is 79.9. The number of rotatable bonds is 3. The van der Waals surface area contributed by atoms with Gasteiger partial charge in [0, 0.05) is 12.7 Å². The molecule has 2 rings (SSSR count). The Morgan fingerprint density at radius 1 is 1.24 bits per heavy atom. The lowest BCUT2D eigenvalue weighted by atomic mass is 10.2. The molecule has 7 heteroatoms. The fourth-order valence-electron chi connectivity index (χ4n) is 1.97. The summed E-state index contributed by atoms with van der Waals surface area (Å²) >= 11 is 2.97. The SMILES string of the molecule is Cc1ccccc1N(C)S(=O)(=O)c1cc(N)cc(Br)c1F. The van der Waals surface area contributed by atoms with E-state index in [1.54, 1.807) is 31.2 Å². The molecular formula is C14H14BrFN2O2S. The van der Waals surface area contributed by atoms with Gasteiger partial charge in [-0.1, -0.05) is 18.2 Å². The van der Waals surface area contributed by atoms with Crippen molar-refractivity contribution in [2.75, 3.05) is 17.1 Å². The zero-order valence-electron chi connectivity index (χ0n) is 11.5. The molecule has 0 saturated carbocycles. The van der Waals surface area contributed by atoms with E-state index in [-0.39, 0.29) is 10.2 Å². The molecule has 0 aliphatic carbocycles. The van der Waals surface area contributed by atoms with Crippen molar-refractivity contribution in [2.24, 2.45) is 0 Å². The Labute approximate surface area is 131 Å². The number of hydrogen-bond acceptors (Lipinski definition) is 3. The van der Waals surface area contributed by atoms with Gasteiger partial charge in [-0.15, -0.1) is 0 Å². The molecule has 0 aromatic heterocycles. The number of hydrogen-bond donors (Lipinski definition) is 1. The van der Waals surface area contributed by atoms with Crippen molar-refractivity contribution in [3.8, 4) is 0 Å². The first-order chi connectivity index (χ1) is 9.75. The summed E-state index contributed by atoms with van der Waals surface area (Å²) in [5.41, 5.74) is 7.03. The number of nitrogen functional groups attached to an aromatic ring is 1. The van der Waals surface area contributed by atoms with E-state index in [1.165, 1.54) is 13.1 Å². The van der Waals surface area contributed by atoms with E-state index >= 15 is 0 Å². The molecule has 0 spiro atoms. The monoisotopic (exact) mass is 372 g/mol. The lowest BCUT2D eigenvalue weighted by molar-refractivity contribution is 0.562. The van der Waals surface area contributed by atoms with E-state index < -0.39 is 20.7 Å². The van der Waals surface area contributed by atoms with Gasteiger partial charge in [-0.3, -0.25) is 4.31 Å². The van der Waals surface area contributed by atoms with Crippen LogP contribution in [0.5, 0.6) is 0 Å². The second-order valence-corrected chi connectivity index (χ2v) is 7.37.